The molecule has 0 saturated carbocycles. The fraction of sp³-hybridized carbons (Fsp3) is 0.353. The maximum Gasteiger partial charge on any atom is 0.232 e. The highest BCUT2D eigenvalue weighted by Crippen LogP contribution is 2.34. The molecule has 1 N–H and O–H groups in total. The third-order valence-electron chi connectivity index (χ3n) is 3.85. The van der Waals surface area contributed by atoms with Crippen molar-refractivity contribution in [3.8, 4) is 0 Å². The molecule has 4 nitrogen and oxygen atoms in total. The summed E-state index contributed by atoms with van der Waals surface area (Å²) >= 11 is 0. The maximum absolute atomic E-state index is 12.6. The van der Waals surface area contributed by atoms with Crippen LogP contribution in [0, 0.1) is 0 Å². The molecule has 1 aliphatic rings. The smallest absolute Gasteiger partial charge is 0.232 e. The lowest BCUT2D eigenvalue weighted by Gasteiger charge is -2.09. The minimum absolute atomic E-state index is 0.0350. The Balaban J connectivity index is 2.30. The highest BCUT2D eigenvalue weighted by Gasteiger charge is 2.31. The molecule has 0 bridgehead atoms. The van der Waals surface area contributed by atoms with Crippen molar-refractivity contribution in [2.75, 3.05) is 5.75 Å². The second-order valence-corrected chi connectivity index (χ2v) is 7.31. The Labute approximate surface area is 132 Å². The second kappa shape index (κ2) is 6.48. The number of benzene rings is 1. The van der Waals surface area contributed by atoms with Crippen LogP contribution in [-0.2, 0) is 14.8 Å². The lowest BCUT2D eigenvalue weighted by molar-refractivity contribution is -0.110. The van der Waals surface area contributed by atoms with Crippen LogP contribution in [0.5, 0.6) is 0 Å². The number of allylic oxidation sites excluding steroid dienone is 3. The number of carbonyl (C=O) groups excluding carboxylic acids is 1. The zero-order chi connectivity index (χ0) is 16.3. The topological polar surface area (TPSA) is 63.2 Å². The van der Waals surface area contributed by atoms with Gasteiger partial charge in [-0.25, -0.2) is 8.42 Å². The van der Waals surface area contributed by atoms with Gasteiger partial charge in [-0.05, 0) is 37.0 Å². The molecule has 0 aromatic heterocycles. The van der Waals surface area contributed by atoms with E-state index in [1.165, 1.54) is 0 Å². The van der Waals surface area contributed by atoms with E-state index in [4.69, 9.17) is 0 Å². The van der Waals surface area contributed by atoms with Gasteiger partial charge in [0.2, 0.25) is 15.8 Å². The Morgan fingerprint density at radius 2 is 1.68 bits per heavy atom. The van der Waals surface area contributed by atoms with E-state index < -0.39 is 10.0 Å². The number of Topliss-reactive ketones (excluding diaryl/α,β-unsaturated/α-hetero) is 1. The summed E-state index contributed by atoms with van der Waals surface area (Å²) in [6, 6.07) is 9.33. The van der Waals surface area contributed by atoms with Gasteiger partial charge in [-0.2, -0.15) is 0 Å². The monoisotopic (exact) mass is 319 g/mol. The van der Waals surface area contributed by atoms with Crippen molar-refractivity contribution in [3.63, 3.8) is 0 Å². The molecule has 0 aliphatic heterocycles. The van der Waals surface area contributed by atoms with Crippen molar-refractivity contribution in [3.05, 3.63) is 52.7 Å². The molecule has 0 amide bonds. The molecule has 0 spiro atoms. The molecule has 1 aromatic carbocycles. The van der Waals surface area contributed by atoms with E-state index in [0.29, 0.717) is 17.6 Å². The van der Waals surface area contributed by atoms with Crippen LogP contribution in [0.2, 0.25) is 0 Å². The van der Waals surface area contributed by atoms with Crippen molar-refractivity contribution in [2.45, 2.75) is 33.6 Å². The Kier molecular flexibility index (Phi) is 4.86. The molecule has 1 aliphatic carbocycles. The molecule has 2 rings (SSSR count). The van der Waals surface area contributed by atoms with Gasteiger partial charge >= 0.3 is 0 Å². The van der Waals surface area contributed by atoms with Gasteiger partial charge < -0.3 is 0 Å². The van der Waals surface area contributed by atoms with Crippen LogP contribution in [0.4, 0.5) is 0 Å². The Morgan fingerprint density at radius 1 is 1.05 bits per heavy atom. The summed E-state index contributed by atoms with van der Waals surface area (Å²) in [5.74, 6) is -0.214. The molecule has 1 aromatic rings. The van der Waals surface area contributed by atoms with E-state index >= 15 is 0 Å². The first-order valence-corrected chi connectivity index (χ1v) is 9.05. The molecule has 0 saturated heterocycles. The van der Waals surface area contributed by atoms with E-state index in [0.717, 1.165) is 17.6 Å². The van der Waals surface area contributed by atoms with Crippen molar-refractivity contribution in [1.29, 1.82) is 0 Å². The third-order valence-corrected chi connectivity index (χ3v) is 5.19. The summed E-state index contributed by atoms with van der Waals surface area (Å²) in [6.45, 7) is 5.56. The van der Waals surface area contributed by atoms with Crippen LogP contribution >= 0.6 is 0 Å². The van der Waals surface area contributed by atoms with E-state index in [1.807, 2.05) is 44.2 Å². The molecule has 0 fully saturated rings. The zero-order valence-corrected chi connectivity index (χ0v) is 14.0. The normalized spacial score (nSPS) is 15.7. The standard InChI is InChI=1S/C17H21NO3S/c1-4-5-11-22(20,21)18-16-13(3)12(2)15(17(16)19)14-9-7-6-8-10-14/h6-10H,4-5,11H2,1-3H3,(H,18,19). The van der Waals surface area contributed by atoms with E-state index in [2.05, 4.69) is 4.72 Å². The van der Waals surface area contributed by atoms with Crippen LogP contribution in [-0.4, -0.2) is 20.0 Å². The summed E-state index contributed by atoms with van der Waals surface area (Å²) in [7, 11) is -3.48. The third kappa shape index (κ3) is 3.30. The van der Waals surface area contributed by atoms with Gasteiger partial charge in [-0.1, -0.05) is 43.7 Å². The molecule has 22 heavy (non-hydrogen) atoms. The van der Waals surface area contributed by atoms with Crippen molar-refractivity contribution < 1.29 is 13.2 Å². The van der Waals surface area contributed by atoms with Gasteiger partial charge in [-0.15, -0.1) is 0 Å². The van der Waals surface area contributed by atoms with Crippen molar-refractivity contribution in [2.24, 2.45) is 0 Å². The second-order valence-electron chi connectivity index (χ2n) is 5.47. The maximum atomic E-state index is 12.6. The predicted molar refractivity (Wildman–Crippen MR) is 88.6 cm³/mol. The van der Waals surface area contributed by atoms with Gasteiger partial charge in [0, 0.05) is 5.57 Å². The number of sulfonamides is 1. The van der Waals surface area contributed by atoms with E-state index in [9.17, 15) is 13.2 Å². The fourth-order valence-corrected chi connectivity index (χ4v) is 3.78. The number of unbranched alkanes of at least 4 members (excludes halogenated alkanes) is 1. The molecular formula is C17H21NO3S. The van der Waals surface area contributed by atoms with E-state index in [1.54, 1.807) is 6.92 Å². The first-order valence-electron chi connectivity index (χ1n) is 7.40. The number of nitrogens with one attached hydrogen (secondary N) is 1. The molecule has 5 heteroatoms. The molecule has 0 atom stereocenters. The number of rotatable bonds is 6. The Morgan fingerprint density at radius 3 is 2.27 bits per heavy atom. The first-order chi connectivity index (χ1) is 10.4. The minimum Gasteiger partial charge on any atom is -0.287 e. The summed E-state index contributed by atoms with van der Waals surface area (Å²) in [5.41, 5.74) is 3.10. The minimum atomic E-state index is -3.48. The Hall–Kier alpha value is -1.88. The van der Waals surface area contributed by atoms with Gasteiger partial charge in [0.05, 0.1) is 11.4 Å². The van der Waals surface area contributed by atoms with Gasteiger partial charge in [0.15, 0.2) is 0 Å². The quantitative estimate of drug-likeness (QED) is 0.876. The number of carbonyl (C=O) groups is 1. The number of ketones is 1. The predicted octanol–water partition coefficient (Wildman–Crippen LogP) is 3.04. The summed E-state index contributed by atoms with van der Waals surface area (Å²) < 4.78 is 26.6. The van der Waals surface area contributed by atoms with Crippen molar-refractivity contribution >= 4 is 21.4 Å². The van der Waals surface area contributed by atoms with Crippen LogP contribution in [0.25, 0.3) is 5.57 Å². The fourth-order valence-electron chi connectivity index (χ4n) is 2.46. The highest BCUT2D eigenvalue weighted by molar-refractivity contribution is 7.89. The average molecular weight is 319 g/mol. The first kappa shape index (κ1) is 16.5. The summed E-state index contributed by atoms with van der Waals surface area (Å²) in [4.78, 5) is 12.6. The van der Waals surface area contributed by atoms with E-state index in [-0.39, 0.29) is 17.2 Å². The van der Waals surface area contributed by atoms with Crippen LogP contribution in [0.3, 0.4) is 0 Å². The van der Waals surface area contributed by atoms with Gasteiger partial charge in [-0.3, -0.25) is 9.52 Å². The summed E-state index contributed by atoms with van der Waals surface area (Å²) in [6.07, 6.45) is 1.37. The van der Waals surface area contributed by atoms with Crippen LogP contribution in [0.15, 0.2) is 47.2 Å². The summed E-state index contributed by atoms with van der Waals surface area (Å²) in [5, 5.41) is 0. The van der Waals surface area contributed by atoms with Crippen LogP contribution < -0.4 is 4.72 Å². The largest absolute Gasteiger partial charge is 0.287 e. The SMILES string of the molecule is CCCCS(=O)(=O)NC1=C(C)C(C)=C(c2ccccc2)C1=O. The lowest BCUT2D eigenvalue weighted by Crippen LogP contribution is -2.29. The number of hydrogen-bond acceptors (Lipinski definition) is 3. The van der Waals surface area contributed by atoms with Gasteiger partial charge in [0.1, 0.15) is 0 Å². The zero-order valence-electron chi connectivity index (χ0n) is 13.1. The highest BCUT2D eigenvalue weighted by atomic mass is 32.2. The number of hydrogen-bond donors (Lipinski definition) is 1. The molecular weight excluding hydrogens is 298 g/mol. The van der Waals surface area contributed by atoms with Crippen LogP contribution in [0.1, 0.15) is 39.2 Å². The average Bonchev–Trinajstić information content (AvgIpc) is 2.70. The molecule has 0 radical (unpaired) electrons. The lowest BCUT2D eigenvalue weighted by atomic mass is 10.0. The molecule has 118 valence electrons. The van der Waals surface area contributed by atoms with Gasteiger partial charge in [0.25, 0.3) is 0 Å². The molecule has 0 heterocycles. The Bertz CT molecular complexity index is 743. The van der Waals surface area contributed by atoms with Crippen molar-refractivity contribution in [1.82, 2.24) is 4.72 Å². The molecule has 0 unspecified atom stereocenters.